The Hall–Kier alpha value is -0.570. The molecule has 2 rings (SSSR count). The Bertz CT molecular complexity index is 383. The average Bonchev–Trinajstić information content (AvgIpc) is 2.39. The lowest BCUT2D eigenvalue weighted by Crippen LogP contribution is -2.39. The van der Waals surface area contributed by atoms with Gasteiger partial charge in [-0.05, 0) is 43.9 Å². The Balaban J connectivity index is 1.92. The first kappa shape index (κ1) is 13.9. The van der Waals surface area contributed by atoms with E-state index in [1.807, 2.05) is 18.2 Å². The molecule has 1 heterocycles. The predicted octanol–water partition coefficient (Wildman–Crippen LogP) is 3.95. The van der Waals surface area contributed by atoms with Crippen LogP contribution in [-0.4, -0.2) is 18.8 Å². The summed E-state index contributed by atoms with van der Waals surface area (Å²) in [4.78, 5) is 0. The van der Waals surface area contributed by atoms with E-state index in [9.17, 15) is 0 Å². The van der Waals surface area contributed by atoms with Crippen LogP contribution in [0.3, 0.4) is 0 Å². The molecule has 1 aliphatic heterocycles. The molecule has 0 amide bonds. The fourth-order valence-electron chi connectivity index (χ4n) is 2.54. The van der Waals surface area contributed by atoms with Crippen LogP contribution in [0.25, 0.3) is 0 Å². The smallest absolute Gasteiger partial charge is 0.0587 e. The molecule has 1 N–H and O–H groups in total. The lowest BCUT2D eigenvalue weighted by molar-refractivity contribution is -0.00165. The summed E-state index contributed by atoms with van der Waals surface area (Å²) in [6, 6.07) is 8.98. The molecule has 0 bridgehead atoms. The van der Waals surface area contributed by atoms with Crippen molar-refractivity contribution in [1.82, 2.24) is 5.32 Å². The van der Waals surface area contributed by atoms with E-state index >= 15 is 0 Å². The maximum absolute atomic E-state index is 6.03. The van der Waals surface area contributed by atoms with Gasteiger partial charge in [0.1, 0.15) is 0 Å². The van der Waals surface area contributed by atoms with Crippen LogP contribution in [-0.2, 0) is 4.74 Å². The summed E-state index contributed by atoms with van der Waals surface area (Å²) in [5.41, 5.74) is 1.25. The zero-order chi connectivity index (χ0) is 13.0. The standard InChI is InChI=1S/C15H22ClNO/c1-3-15-10-14(7-8-18-15)17-11(2)12-5-4-6-13(16)9-12/h4-6,9,11,14-15,17H,3,7-8,10H2,1-2H3/t11-,14?,15?/m1/s1. The van der Waals surface area contributed by atoms with E-state index in [1.165, 1.54) is 5.56 Å². The van der Waals surface area contributed by atoms with Gasteiger partial charge < -0.3 is 10.1 Å². The summed E-state index contributed by atoms with van der Waals surface area (Å²) in [5, 5.41) is 4.49. The Morgan fingerprint density at radius 3 is 3.06 bits per heavy atom. The van der Waals surface area contributed by atoms with Gasteiger partial charge in [0.05, 0.1) is 6.10 Å². The normalized spacial score (nSPS) is 25.9. The van der Waals surface area contributed by atoms with E-state index in [1.54, 1.807) is 0 Å². The summed E-state index contributed by atoms with van der Waals surface area (Å²) in [5.74, 6) is 0. The van der Waals surface area contributed by atoms with Gasteiger partial charge in [0, 0.05) is 23.7 Å². The molecule has 2 unspecified atom stereocenters. The average molecular weight is 268 g/mol. The molecule has 0 saturated carbocycles. The van der Waals surface area contributed by atoms with Gasteiger partial charge in [0.25, 0.3) is 0 Å². The summed E-state index contributed by atoms with van der Waals surface area (Å²) in [6.45, 7) is 5.26. The van der Waals surface area contributed by atoms with Crippen LogP contribution in [0.4, 0.5) is 0 Å². The second kappa shape index (κ2) is 6.55. The summed E-state index contributed by atoms with van der Waals surface area (Å²) >= 11 is 6.03. The van der Waals surface area contributed by atoms with Crippen molar-refractivity contribution >= 4 is 11.6 Å². The van der Waals surface area contributed by atoms with Crippen LogP contribution >= 0.6 is 11.6 Å². The van der Waals surface area contributed by atoms with Gasteiger partial charge in [0.15, 0.2) is 0 Å². The number of rotatable bonds is 4. The van der Waals surface area contributed by atoms with Crippen molar-refractivity contribution in [1.29, 1.82) is 0 Å². The molecule has 0 aromatic heterocycles. The van der Waals surface area contributed by atoms with Crippen LogP contribution in [0.5, 0.6) is 0 Å². The minimum Gasteiger partial charge on any atom is -0.378 e. The lowest BCUT2D eigenvalue weighted by Gasteiger charge is -2.32. The van der Waals surface area contributed by atoms with Crippen molar-refractivity contribution < 1.29 is 4.74 Å². The first-order chi connectivity index (χ1) is 8.69. The lowest BCUT2D eigenvalue weighted by atomic mass is 9.99. The molecule has 100 valence electrons. The third kappa shape index (κ3) is 3.71. The number of hydrogen-bond acceptors (Lipinski definition) is 2. The Kier molecular flexibility index (Phi) is 5.04. The van der Waals surface area contributed by atoms with Crippen molar-refractivity contribution in [3.05, 3.63) is 34.9 Å². The van der Waals surface area contributed by atoms with Gasteiger partial charge in [-0.3, -0.25) is 0 Å². The van der Waals surface area contributed by atoms with Crippen molar-refractivity contribution in [2.75, 3.05) is 6.61 Å². The highest BCUT2D eigenvalue weighted by Gasteiger charge is 2.22. The van der Waals surface area contributed by atoms with Crippen molar-refractivity contribution in [3.63, 3.8) is 0 Å². The van der Waals surface area contributed by atoms with Crippen LogP contribution in [0.1, 0.15) is 44.7 Å². The van der Waals surface area contributed by atoms with Crippen molar-refractivity contribution in [3.8, 4) is 0 Å². The van der Waals surface area contributed by atoms with Crippen LogP contribution < -0.4 is 5.32 Å². The SMILES string of the molecule is CCC1CC(N[C@H](C)c2cccc(Cl)c2)CCO1. The summed E-state index contributed by atoms with van der Waals surface area (Å²) in [6.07, 6.45) is 3.73. The van der Waals surface area contributed by atoms with Gasteiger partial charge in [-0.1, -0.05) is 30.7 Å². The molecule has 1 aromatic rings. The van der Waals surface area contributed by atoms with E-state index in [0.29, 0.717) is 18.2 Å². The number of ether oxygens (including phenoxy) is 1. The summed E-state index contributed by atoms with van der Waals surface area (Å²) < 4.78 is 5.70. The van der Waals surface area contributed by atoms with E-state index in [4.69, 9.17) is 16.3 Å². The molecule has 18 heavy (non-hydrogen) atoms. The van der Waals surface area contributed by atoms with Gasteiger partial charge in [-0.2, -0.15) is 0 Å². The van der Waals surface area contributed by atoms with E-state index in [-0.39, 0.29) is 0 Å². The maximum atomic E-state index is 6.03. The van der Waals surface area contributed by atoms with Gasteiger partial charge >= 0.3 is 0 Å². The zero-order valence-corrected chi connectivity index (χ0v) is 11.9. The minimum absolute atomic E-state index is 0.337. The Morgan fingerprint density at radius 1 is 1.50 bits per heavy atom. The molecule has 3 atom stereocenters. The molecule has 0 spiro atoms. The number of hydrogen-bond donors (Lipinski definition) is 1. The molecular formula is C15H22ClNO. The second-order valence-electron chi connectivity index (χ2n) is 5.07. The van der Waals surface area contributed by atoms with Crippen molar-refractivity contribution in [2.24, 2.45) is 0 Å². The van der Waals surface area contributed by atoms with E-state index in [2.05, 4.69) is 25.2 Å². The topological polar surface area (TPSA) is 21.3 Å². The van der Waals surface area contributed by atoms with Gasteiger partial charge in [-0.15, -0.1) is 0 Å². The molecule has 1 aliphatic rings. The molecule has 0 aliphatic carbocycles. The second-order valence-corrected chi connectivity index (χ2v) is 5.50. The molecule has 1 fully saturated rings. The number of halogens is 1. The first-order valence-electron chi connectivity index (χ1n) is 6.82. The fraction of sp³-hybridized carbons (Fsp3) is 0.600. The number of nitrogens with one attached hydrogen (secondary N) is 1. The van der Waals surface area contributed by atoms with Gasteiger partial charge in [0.2, 0.25) is 0 Å². The Labute approximate surface area is 115 Å². The molecule has 0 radical (unpaired) electrons. The third-order valence-electron chi connectivity index (χ3n) is 3.66. The fourth-order valence-corrected chi connectivity index (χ4v) is 2.74. The first-order valence-corrected chi connectivity index (χ1v) is 7.20. The van der Waals surface area contributed by atoms with Crippen LogP contribution in [0, 0.1) is 0 Å². The van der Waals surface area contributed by atoms with Crippen molar-refractivity contribution in [2.45, 2.75) is 51.3 Å². The Morgan fingerprint density at radius 2 is 2.33 bits per heavy atom. The highest BCUT2D eigenvalue weighted by atomic mass is 35.5. The zero-order valence-electron chi connectivity index (χ0n) is 11.2. The summed E-state index contributed by atoms with van der Waals surface area (Å²) in [7, 11) is 0. The maximum Gasteiger partial charge on any atom is 0.0587 e. The van der Waals surface area contributed by atoms with E-state index < -0.39 is 0 Å². The third-order valence-corrected chi connectivity index (χ3v) is 3.89. The highest BCUT2D eigenvalue weighted by molar-refractivity contribution is 6.30. The van der Waals surface area contributed by atoms with Crippen LogP contribution in [0.2, 0.25) is 5.02 Å². The molecule has 3 heteroatoms. The number of benzene rings is 1. The largest absolute Gasteiger partial charge is 0.378 e. The monoisotopic (exact) mass is 267 g/mol. The molecule has 2 nitrogen and oxygen atoms in total. The quantitative estimate of drug-likeness (QED) is 0.892. The van der Waals surface area contributed by atoms with E-state index in [0.717, 1.165) is 30.9 Å². The minimum atomic E-state index is 0.337. The highest BCUT2D eigenvalue weighted by Crippen LogP contribution is 2.22. The molecular weight excluding hydrogens is 246 g/mol. The predicted molar refractivity (Wildman–Crippen MR) is 76.1 cm³/mol. The molecule has 1 saturated heterocycles. The molecule has 1 aromatic carbocycles. The van der Waals surface area contributed by atoms with Crippen LogP contribution in [0.15, 0.2) is 24.3 Å². The van der Waals surface area contributed by atoms with Gasteiger partial charge in [-0.25, -0.2) is 0 Å².